The number of furan rings is 1. The third kappa shape index (κ3) is 3.51. The lowest BCUT2D eigenvalue weighted by Crippen LogP contribution is -2.46. The summed E-state index contributed by atoms with van der Waals surface area (Å²) in [7, 11) is 0. The van der Waals surface area contributed by atoms with E-state index in [4.69, 9.17) is 4.42 Å². The molecular formula is C19H23FN2O2. The van der Waals surface area contributed by atoms with Gasteiger partial charge in [0.25, 0.3) is 5.91 Å². The van der Waals surface area contributed by atoms with Gasteiger partial charge in [0.05, 0.1) is 5.56 Å². The molecule has 0 aliphatic carbocycles. The van der Waals surface area contributed by atoms with Crippen LogP contribution in [0, 0.1) is 5.82 Å². The smallest absolute Gasteiger partial charge is 0.289 e. The molecule has 0 bridgehead atoms. The molecule has 0 radical (unpaired) electrons. The molecule has 1 saturated heterocycles. The first-order valence-corrected chi connectivity index (χ1v) is 8.57. The second-order valence-electron chi connectivity index (χ2n) is 6.12. The summed E-state index contributed by atoms with van der Waals surface area (Å²) in [6, 6.07) is 9.97. The molecule has 2 aromatic rings. The van der Waals surface area contributed by atoms with Gasteiger partial charge in [-0.3, -0.25) is 4.79 Å². The molecule has 1 aromatic heterocycles. The number of hydrogen-bond acceptors (Lipinski definition) is 3. The molecule has 128 valence electrons. The number of benzene rings is 1. The number of rotatable bonds is 5. The topological polar surface area (TPSA) is 45.5 Å². The van der Waals surface area contributed by atoms with Crippen molar-refractivity contribution < 1.29 is 13.6 Å². The van der Waals surface area contributed by atoms with Crippen LogP contribution in [-0.2, 0) is 0 Å². The maximum Gasteiger partial charge on any atom is 0.289 e. The Morgan fingerprint density at radius 3 is 2.71 bits per heavy atom. The first-order valence-electron chi connectivity index (χ1n) is 8.57. The molecule has 0 spiro atoms. The zero-order valence-corrected chi connectivity index (χ0v) is 13.9. The summed E-state index contributed by atoms with van der Waals surface area (Å²) in [5, 5.41) is 3.32. The van der Waals surface area contributed by atoms with Gasteiger partial charge in [0.2, 0.25) is 0 Å². The molecule has 4 nitrogen and oxygen atoms in total. The minimum Gasteiger partial charge on any atom is -0.451 e. The molecule has 1 amide bonds. The predicted molar refractivity (Wildman–Crippen MR) is 91.3 cm³/mol. The molecule has 0 atom stereocenters. The van der Waals surface area contributed by atoms with Crippen molar-refractivity contribution in [3.63, 3.8) is 0 Å². The summed E-state index contributed by atoms with van der Waals surface area (Å²) in [4.78, 5) is 14.8. The Balaban J connectivity index is 1.82. The quantitative estimate of drug-likeness (QED) is 0.909. The fourth-order valence-corrected chi connectivity index (χ4v) is 3.21. The van der Waals surface area contributed by atoms with Gasteiger partial charge in [-0.1, -0.05) is 19.1 Å². The van der Waals surface area contributed by atoms with E-state index in [0.29, 0.717) is 17.9 Å². The van der Waals surface area contributed by atoms with Gasteiger partial charge in [0.15, 0.2) is 5.76 Å². The van der Waals surface area contributed by atoms with Crippen molar-refractivity contribution in [3.8, 4) is 11.3 Å². The van der Waals surface area contributed by atoms with Gasteiger partial charge >= 0.3 is 0 Å². The summed E-state index contributed by atoms with van der Waals surface area (Å²) in [6.07, 6.45) is 2.80. The number of piperidine rings is 1. The molecular weight excluding hydrogens is 307 g/mol. The average Bonchev–Trinajstić information content (AvgIpc) is 3.10. The number of carbonyl (C=O) groups is 1. The van der Waals surface area contributed by atoms with Crippen LogP contribution in [0.15, 0.2) is 40.8 Å². The van der Waals surface area contributed by atoms with Crippen molar-refractivity contribution >= 4 is 5.91 Å². The summed E-state index contributed by atoms with van der Waals surface area (Å²) in [5.41, 5.74) is 0.375. The lowest BCUT2D eigenvalue weighted by molar-refractivity contribution is 0.0611. The van der Waals surface area contributed by atoms with Crippen LogP contribution in [0.2, 0.25) is 0 Å². The van der Waals surface area contributed by atoms with Crippen LogP contribution in [0.25, 0.3) is 11.3 Å². The van der Waals surface area contributed by atoms with E-state index in [0.717, 1.165) is 32.4 Å². The second kappa shape index (κ2) is 7.62. The summed E-state index contributed by atoms with van der Waals surface area (Å²) in [5.74, 6) is 0.208. The molecule has 0 unspecified atom stereocenters. The molecule has 1 aromatic carbocycles. The molecule has 1 N–H and O–H groups in total. The largest absolute Gasteiger partial charge is 0.451 e. The highest BCUT2D eigenvalue weighted by molar-refractivity contribution is 5.92. The Morgan fingerprint density at radius 1 is 1.25 bits per heavy atom. The first kappa shape index (κ1) is 16.7. The second-order valence-corrected chi connectivity index (χ2v) is 6.12. The Hall–Kier alpha value is -2.14. The van der Waals surface area contributed by atoms with Crippen LogP contribution in [-0.4, -0.2) is 36.5 Å². The lowest BCUT2D eigenvalue weighted by Gasteiger charge is -2.34. The van der Waals surface area contributed by atoms with Crippen LogP contribution in [0.4, 0.5) is 4.39 Å². The van der Waals surface area contributed by atoms with Gasteiger partial charge in [-0.2, -0.15) is 0 Å². The summed E-state index contributed by atoms with van der Waals surface area (Å²) >= 11 is 0. The summed E-state index contributed by atoms with van der Waals surface area (Å²) in [6.45, 7) is 4.63. The van der Waals surface area contributed by atoms with Crippen molar-refractivity contribution in [1.29, 1.82) is 0 Å². The predicted octanol–water partition coefficient (Wildman–Crippen LogP) is 3.69. The Bertz CT molecular complexity index is 692. The lowest BCUT2D eigenvalue weighted by atomic mass is 10.0. The maximum atomic E-state index is 13.9. The number of hydrogen-bond donors (Lipinski definition) is 1. The first-order chi connectivity index (χ1) is 11.7. The zero-order valence-electron chi connectivity index (χ0n) is 13.9. The standard InChI is InChI=1S/C19H23FN2O2/c1-2-13-22(14-9-11-21-12-10-14)19(23)18-8-7-17(24-18)15-5-3-4-6-16(15)20/h3-8,14,21H,2,9-13H2,1H3. The van der Waals surface area contributed by atoms with E-state index in [1.54, 1.807) is 30.3 Å². The molecule has 1 aliphatic rings. The van der Waals surface area contributed by atoms with Crippen LogP contribution in [0.3, 0.4) is 0 Å². The van der Waals surface area contributed by atoms with E-state index in [2.05, 4.69) is 12.2 Å². The third-order valence-corrected chi connectivity index (χ3v) is 4.43. The zero-order chi connectivity index (χ0) is 16.9. The van der Waals surface area contributed by atoms with E-state index >= 15 is 0 Å². The van der Waals surface area contributed by atoms with Gasteiger partial charge in [0, 0.05) is 12.6 Å². The van der Waals surface area contributed by atoms with Gasteiger partial charge in [0.1, 0.15) is 11.6 Å². The molecule has 0 saturated carbocycles. The number of halogens is 1. The Morgan fingerprint density at radius 2 is 2.00 bits per heavy atom. The van der Waals surface area contributed by atoms with Gasteiger partial charge in [-0.25, -0.2) is 4.39 Å². The SMILES string of the molecule is CCCN(C(=O)c1ccc(-c2ccccc2F)o1)C1CCNCC1. The Labute approximate surface area is 141 Å². The van der Waals surface area contributed by atoms with E-state index in [9.17, 15) is 9.18 Å². The normalized spacial score (nSPS) is 15.4. The minimum atomic E-state index is -0.352. The van der Waals surface area contributed by atoms with Gasteiger partial charge in [-0.05, 0) is 56.6 Å². The van der Waals surface area contributed by atoms with Crippen molar-refractivity contribution in [2.75, 3.05) is 19.6 Å². The molecule has 24 heavy (non-hydrogen) atoms. The number of amides is 1. The highest BCUT2D eigenvalue weighted by Crippen LogP contribution is 2.26. The van der Waals surface area contributed by atoms with Crippen LogP contribution >= 0.6 is 0 Å². The molecule has 1 aliphatic heterocycles. The van der Waals surface area contributed by atoms with Crippen LogP contribution in [0.5, 0.6) is 0 Å². The maximum absolute atomic E-state index is 13.9. The number of carbonyl (C=O) groups excluding carboxylic acids is 1. The fraction of sp³-hybridized carbons (Fsp3) is 0.421. The van der Waals surface area contributed by atoms with E-state index in [-0.39, 0.29) is 23.5 Å². The third-order valence-electron chi connectivity index (χ3n) is 4.43. The summed E-state index contributed by atoms with van der Waals surface area (Å²) < 4.78 is 19.6. The highest BCUT2D eigenvalue weighted by atomic mass is 19.1. The Kier molecular flexibility index (Phi) is 5.30. The van der Waals surface area contributed by atoms with Gasteiger partial charge in [-0.15, -0.1) is 0 Å². The van der Waals surface area contributed by atoms with E-state index < -0.39 is 0 Å². The molecule has 2 heterocycles. The van der Waals surface area contributed by atoms with Crippen LogP contribution < -0.4 is 5.32 Å². The van der Waals surface area contributed by atoms with Crippen molar-refractivity contribution in [2.24, 2.45) is 0 Å². The van der Waals surface area contributed by atoms with Crippen molar-refractivity contribution in [3.05, 3.63) is 48.0 Å². The number of nitrogens with zero attached hydrogens (tertiary/aromatic N) is 1. The number of nitrogens with one attached hydrogen (secondary N) is 1. The molecule has 5 heteroatoms. The highest BCUT2D eigenvalue weighted by Gasteiger charge is 2.27. The minimum absolute atomic E-state index is 0.105. The molecule has 3 rings (SSSR count). The van der Waals surface area contributed by atoms with Crippen LogP contribution in [0.1, 0.15) is 36.7 Å². The van der Waals surface area contributed by atoms with Gasteiger partial charge < -0.3 is 14.6 Å². The molecule has 1 fully saturated rings. The van der Waals surface area contributed by atoms with E-state index in [1.165, 1.54) is 6.07 Å². The average molecular weight is 330 g/mol. The van der Waals surface area contributed by atoms with Crippen molar-refractivity contribution in [2.45, 2.75) is 32.2 Å². The van der Waals surface area contributed by atoms with Crippen molar-refractivity contribution in [1.82, 2.24) is 10.2 Å². The monoisotopic (exact) mass is 330 g/mol. The fourth-order valence-electron chi connectivity index (χ4n) is 3.21. The van der Waals surface area contributed by atoms with E-state index in [1.807, 2.05) is 4.90 Å².